The number of hydrogen-bond donors (Lipinski definition) is 2. The molecule has 3 rings (SSSR count). The quantitative estimate of drug-likeness (QED) is 0.416. The minimum absolute atomic E-state index is 0.0189. The minimum atomic E-state index is -1.23. The highest BCUT2D eigenvalue weighted by Crippen LogP contribution is 2.24. The topological polar surface area (TPSA) is 122 Å². The molecule has 1 aliphatic carbocycles. The van der Waals surface area contributed by atoms with Crippen LogP contribution in [0.25, 0.3) is 0 Å². The lowest BCUT2D eigenvalue weighted by molar-refractivity contribution is -0.127. The van der Waals surface area contributed by atoms with Gasteiger partial charge in [0, 0.05) is 12.6 Å². The van der Waals surface area contributed by atoms with Gasteiger partial charge in [0.05, 0.1) is 16.7 Å². The predicted molar refractivity (Wildman–Crippen MR) is 106 cm³/mol. The SMILES string of the molecule is C=CCN1C(=O)c2ccc(C(=O)OC(C)C(=O)NC(=O)NC3CCCC3)cc2C1=O. The number of nitrogens with zero attached hydrogens (tertiary/aromatic N) is 1. The standard InChI is InChI=1S/C21H23N3O6/c1-3-10-24-18(26)15-9-8-13(11-16(15)19(24)27)20(28)30-12(2)17(25)23-21(29)22-14-6-4-5-7-14/h3,8-9,11-12,14H,1,4-7,10H2,2H3,(H2,22,23,25,29). The zero-order valence-electron chi connectivity index (χ0n) is 16.6. The van der Waals surface area contributed by atoms with Crippen LogP contribution in [0.15, 0.2) is 30.9 Å². The summed E-state index contributed by atoms with van der Waals surface area (Å²) in [6.07, 6.45) is 4.02. The van der Waals surface area contributed by atoms with Crippen molar-refractivity contribution in [3.8, 4) is 0 Å². The van der Waals surface area contributed by atoms with Crippen LogP contribution in [0.2, 0.25) is 0 Å². The van der Waals surface area contributed by atoms with Crippen LogP contribution in [0.3, 0.4) is 0 Å². The molecule has 2 aliphatic rings. The molecular weight excluding hydrogens is 390 g/mol. The molecule has 0 spiro atoms. The first-order chi connectivity index (χ1) is 14.3. The van der Waals surface area contributed by atoms with Gasteiger partial charge in [0.25, 0.3) is 17.7 Å². The summed E-state index contributed by atoms with van der Waals surface area (Å²) in [5.41, 5.74) is 0.294. The smallest absolute Gasteiger partial charge is 0.338 e. The van der Waals surface area contributed by atoms with Gasteiger partial charge in [0.15, 0.2) is 6.10 Å². The van der Waals surface area contributed by atoms with Crippen molar-refractivity contribution in [2.24, 2.45) is 0 Å². The number of carbonyl (C=O) groups excluding carboxylic acids is 5. The Morgan fingerprint density at radius 1 is 1.20 bits per heavy atom. The van der Waals surface area contributed by atoms with Crippen LogP contribution in [-0.2, 0) is 9.53 Å². The number of urea groups is 1. The summed E-state index contributed by atoms with van der Waals surface area (Å²) in [6.45, 7) is 4.91. The summed E-state index contributed by atoms with van der Waals surface area (Å²) < 4.78 is 5.11. The molecule has 1 unspecified atom stereocenters. The van der Waals surface area contributed by atoms with E-state index >= 15 is 0 Å². The first-order valence-corrected chi connectivity index (χ1v) is 9.75. The second-order valence-corrected chi connectivity index (χ2v) is 7.26. The van der Waals surface area contributed by atoms with Gasteiger partial charge in [0.1, 0.15) is 0 Å². The Morgan fingerprint density at radius 3 is 2.53 bits per heavy atom. The van der Waals surface area contributed by atoms with Crippen molar-refractivity contribution in [3.05, 3.63) is 47.5 Å². The fourth-order valence-electron chi connectivity index (χ4n) is 3.50. The number of hydrogen-bond acceptors (Lipinski definition) is 6. The molecule has 1 heterocycles. The summed E-state index contributed by atoms with van der Waals surface area (Å²) in [6, 6.07) is 3.40. The Kier molecular flexibility index (Phi) is 6.29. The van der Waals surface area contributed by atoms with E-state index in [2.05, 4.69) is 17.2 Å². The normalized spacial score (nSPS) is 16.8. The molecule has 9 nitrogen and oxygen atoms in total. The third kappa shape index (κ3) is 4.40. The lowest BCUT2D eigenvalue weighted by Crippen LogP contribution is -2.47. The fraction of sp³-hybridized carbons (Fsp3) is 0.381. The summed E-state index contributed by atoms with van der Waals surface area (Å²) in [5, 5.41) is 4.87. The molecule has 0 aromatic heterocycles. The van der Waals surface area contributed by atoms with Crippen LogP contribution in [0.1, 0.15) is 63.7 Å². The largest absolute Gasteiger partial charge is 0.449 e. The number of benzene rings is 1. The third-order valence-electron chi connectivity index (χ3n) is 5.10. The molecular formula is C21H23N3O6. The van der Waals surface area contributed by atoms with Crippen LogP contribution >= 0.6 is 0 Å². The Balaban J connectivity index is 1.60. The predicted octanol–water partition coefficient (Wildman–Crippen LogP) is 1.78. The van der Waals surface area contributed by atoms with Gasteiger partial charge in [-0.15, -0.1) is 6.58 Å². The Hall–Kier alpha value is -3.49. The van der Waals surface area contributed by atoms with Crippen molar-refractivity contribution in [2.75, 3.05) is 6.54 Å². The Bertz CT molecular complexity index is 919. The molecule has 1 fully saturated rings. The highest BCUT2D eigenvalue weighted by atomic mass is 16.5. The lowest BCUT2D eigenvalue weighted by atomic mass is 10.1. The van der Waals surface area contributed by atoms with Gasteiger partial charge < -0.3 is 10.1 Å². The maximum absolute atomic E-state index is 12.4. The van der Waals surface area contributed by atoms with E-state index in [0.29, 0.717) is 0 Å². The van der Waals surface area contributed by atoms with E-state index in [4.69, 9.17) is 4.74 Å². The molecule has 30 heavy (non-hydrogen) atoms. The number of nitrogens with one attached hydrogen (secondary N) is 2. The Morgan fingerprint density at radius 2 is 1.87 bits per heavy atom. The van der Waals surface area contributed by atoms with Gasteiger partial charge in [0.2, 0.25) is 0 Å². The lowest BCUT2D eigenvalue weighted by Gasteiger charge is -2.15. The molecule has 158 valence electrons. The monoisotopic (exact) mass is 413 g/mol. The molecule has 2 N–H and O–H groups in total. The average molecular weight is 413 g/mol. The van der Waals surface area contributed by atoms with Crippen LogP contribution in [0, 0.1) is 0 Å². The van der Waals surface area contributed by atoms with Gasteiger partial charge >= 0.3 is 12.0 Å². The maximum atomic E-state index is 12.4. The summed E-state index contributed by atoms with van der Waals surface area (Å²) in [5.74, 6) is -2.60. The minimum Gasteiger partial charge on any atom is -0.449 e. The van der Waals surface area contributed by atoms with Crippen LogP contribution in [-0.4, -0.2) is 53.3 Å². The van der Waals surface area contributed by atoms with Gasteiger partial charge in [-0.05, 0) is 38.0 Å². The molecule has 0 bridgehead atoms. The van der Waals surface area contributed by atoms with Crippen LogP contribution < -0.4 is 10.6 Å². The maximum Gasteiger partial charge on any atom is 0.338 e. The first-order valence-electron chi connectivity index (χ1n) is 9.75. The molecule has 1 aliphatic heterocycles. The highest BCUT2D eigenvalue weighted by molar-refractivity contribution is 6.22. The number of rotatable bonds is 6. The highest BCUT2D eigenvalue weighted by Gasteiger charge is 2.35. The summed E-state index contributed by atoms with van der Waals surface area (Å²) >= 11 is 0. The van der Waals surface area contributed by atoms with Crippen molar-refractivity contribution in [1.29, 1.82) is 0 Å². The van der Waals surface area contributed by atoms with Gasteiger partial charge in [-0.25, -0.2) is 9.59 Å². The zero-order chi connectivity index (χ0) is 21.8. The van der Waals surface area contributed by atoms with Crippen molar-refractivity contribution >= 4 is 29.7 Å². The van der Waals surface area contributed by atoms with E-state index in [1.54, 1.807) is 0 Å². The van der Waals surface area contributed by atoms with E-state index in [-0.39, 0.29) is 29.3 Å². The number of amides is 5. The van der Waals surface area contributed by atoms with Crippen LogP contribution in [0.5, 0.6) is 0 Å². The van der Waals surface area contributed by atoms with E-state index < -0.39 is 35.8 Å². The molecule has 1 aromatic rings. The number of ether oxygens (including phenoxy) is 1. The second-order valence-electron chi connectivity index (χ2n) is 7.26. The molecule has 0 radical (unpaired) electrons. The summed E-state index contributed by atoms with van der Waals surface area (Å²) in [4.78, 5) is 62.0. The second kappa shape index (κ2) is 8.89. The average Bonchev–Trinajstić information content (AvgIpc) is 3.30. The fourth-order valence-corrected chi connectivity index (χ4v) is 3.50. The third-order valence-corrected chi connectivity index (χ3v) is 5.10. The Labute approximate surface area is 173 Å². The summed E-state index contributed by atoms with van der Waals surface area (Å²) in [7, 11) is 0. The van der Waals surface area contributed by atoms with Gasteiger partial charge in [-0.3, -0.25) is 24.6 Å². The molecule has 9 heteroatoms. The van der Waals surface area contributed by atoms with Crippen molar-refractivity contribution in [2.45, 2.75) is 44.8 Å². The first kappa shape index (κ1) is 21.2. The number of fused-ring (bicyclic) bond motifs is 1. The number of carbonyl (C=O) groups is 5. The van der Waals surface area contributed by atoms with Crippen molar-refractivity contribution in [1.82, 2.24) is 15.5 Å². The van der Waals surface area contributed by atoms with Gasteiger partial charge in [-0.2, -0.15) is 0 Å². The number of imide groups is 2. The van der Waals surface area contributed by atoms with Crippen molar-refractivity contribution in [3.63, 3.8) is 0 Å². The number of esters is 1. The molecule has 1 saturated carbocycles. The zero-order valence-corrected chi connectivity index (χ0v) is 16.6. The molecule has 1 aromatic carbocycles. The van der Waals surface area contributed by atoms with Gasteiger partial charge in [-0.1, -0.05) is 18.9 Å². The molecule has 1 atom stereocenters. The molecule has 0 saturated heterocycles. The molecule has 5 amide bonds. The van der Waals surface area contributed by atoms with E-state index in [0.717, 1.165) is 30.6 Å². The van der Waals surface area contributed by atoms with E-state index in [1.165, 1.54) is 31.2 Å². The van der Waals surface area contributed by atoms with Crippen LogP contribution in [0.4, 0.5) is 4.79 Å². The van der Waals surface area contributed by atoms with E-state index in [1.807, 2.05) is 0 Å². The van der Waals surface area contributed by atoms with Crippen molar-refractivity contribution < 1.29 is 28.7 Å². The van der Waals surface area contributed by atoms with E-state index in [9.17, 15) is 24.0 Å².